The van der Waals surface area contributed by atoms with Gasteiger partial charge in [0.25, 0.3) is 5.56 Å². The van der Waals surface area contributed by atoms with Gasteiger partial charge in [0.2, 0.25) is 0 Å². The van der Waals surface area contributed by atoms with E-state index in [1.54, 1.807) is 11.3 Å². The molecule has 2 atom stereocenters. The van der Waals surface area contributed by atoms with E-state index < -0.39 is 12.0 Å². The van der Waals surface area contributed by atoms with Crippen molar-refractivity contribution in [3.8, 4) is 0 Å². The van der Waals surface area contributed by atoms with Crippen molar-refractivity contribution in [2.45, 2.75) is 45.6 Å². The molecule has 0 radical (unpaired) electrons. The maximum atomic E-state index is 12.9. The van der Waals surface area contributed by atoms with Crippen LogP contribution in [0, 0.1) is 5.92 Å². The summed E-state index contributed by atoms with van der Waals surface area (Å²) >= 11 is 1.62. The molecule has 5 nitrogen and oxygen atoms in total. The molecule has 1 aliphatic carbocycles. The van der Waals surface area contributed by atoms with Crippen LogP contribution in [0.2, 0.25) is 0 Å². The molecule has 3 rings (SSSR count). The Morgan fingerprint density at radius 2 is 2.36 bits per heavy atom. The van der Waals surface area contributed by atoms with Crippen molar-refractivity contribution in [3.05, 3.63) is 27.1 Å². The maximum absolute atomic E-state index is 12.9. The molecule has 2 aromatic rings. The van der Waals surface area contributed by atoms with Crippen LogP contribution in [0.4, 0.5) is 0 Å². The fraction of sp³-hybridized carbons (Fsp3) is 0.562. The third kappa shape index (κ3) is 2.35. The zero-order chi connectivity index (χ0) is 15.9. The zero-order valence-electron chi connectivity index (χ0n) is 13.1. The van der Waals surface area contributed by atoms with Crippen LogP contribution in [0.5, 0.6) is 0 Å². The van der Waals surface area contributed by atoms with Gasteiger partial charge in [0.15, 0.2) is 0 Å². The number of aromatic nitrogens is 2. The van der Waals surface area contributed by atoms with Crippen LogP contribution >= 0.6 is 11.3 Å². The molecule has 0 spiro atoms. The number of thiophene rings is 1. The lowest BCUT2D eigenvalue weighted by molar-refractivity contribution is -0.144. The van der Waals surface area contributed by atoms with E-state index in [-0.39, 0.29) is 5.56 Å². The number of hydrogen-bond acceptors (Lipinski definition) is 5. The number of esters is 1. The van der Waals surface area contributed by atoms with Gasteiger partial charge in [-0.15, -0.1) is 11.3 Å². The maximum Gasteiger partial charge on any atom is 0.329 e. The Kier molecular flexibility index (Phi) is 4.04. The van der Waals surface area contributed by atoms with Crippen molar-refractivity contribution in [1.82, 2.24) is 9.55 Å². The van der Waals surface area contributed by atoms with E-state index >= 15 is 0 Å². The first kappa shape index (κ1) is 15.2. The molecule has 1 aliphatic rings. The second-order valence-corrected chi connectivity index (χ2v) is 7.02. The van der Waals surface area contributed by atoms with Gasteiger partial charge in [-0.3, -0.25) is 9.36 Å². The molecule has 0 amide bonds. The van der Waals surface area contributed by atoms with E-state index in [1.165, 1.54) is 22.9 Å². The molecule has 6 heteroatoms. The van der Waals surface area contributed by atoms with E-state index in [1.807, 2.05) is 6.92 Å². The molecule has 0 aromatic carbocycles. The molecule has 0 saturated carbocycles. The van der Waals surface area contributed by atoms with E-state index in [0.29, 0.717) is 17.7 Å². The highest BCUT2D eigenvalue weighted by molar-refractivity contribution is 7.18. The zero-order valence-corrected chi connectivity index (χ0v) is 13.9. The van der Waals surface area contributed by atoms with Gasteiger partial charge in [0.05, 0.1) is 18.8 Å². The lowest BCUT2D eigenvalue weighted by Gasteiger charge is -2.18. The Bertz CT molecular complexity index is 778. The molecule has 2 heterocycles. The third-order valence-corrected chi connectivity index (χ3v) is 5.60. The summed E-state index contributed by atoms with van der Waals surface area (Å²) in [6.07, 6.45) is 5.03. The topological polar surface area (TPSA) is 61.2 Å². The van der Waals surface area contributed by atoms with Crippen molar-refractivity contribution in [2.75, 3.05) is 7.11 Å². The third-order valence-electron chi connectivity index (χ3n) is 4.44. The first-order chi connectivity index (χ1) is 10.6. The van der Waals surface area contributed by atoms with Crippen LogP contribution in [0.3, 0.4) is 0 Å². The van der Waals surface area contributed by atoms with Crippen LogP contribution < -0.4 is 5.56 Å². The summed E-state index contributed by atoms with van der Waals surface area (Å²) in [6.45, 7) is 4.10. The first-order valence-corrected chi connectivity index (χ1v) is 8.47. The molecule has 22 heavy (non-hydrogen) atoms. The van der Waals surface area contributed by atoms with Gasteiger partial charge < -0.3 is 4.74 Å². The van der Waals surface area contributed by atoms with Crippen LogP contribution in [-0.2, 0) is 22.4 Å². The predicted octanol–water partition coefficient (Wildman–Crippen LogP) is 2.71. The van der Waals surface area contributed by atoms with Crippen molar-refractivity contribution in [1.29, 1.82) is 0 Å². The number of carbonyl (C=O) groups is 1. The number of nitrogens with zero attached hydrogens (tertiary/aromatic N) is 2. The smallest absolute Gasteiger partial charge is 0.329 e. The lowest BCUT2D eigenvalue weighted by atomic mass is 9.89. The Balaban J connectivity index is 2.17. The van der Waals surface area contributed by atoms with Crippen LogP contribution in [0.25, 0.3) is 10.2 Å². The lowest BCUT2D eigenvalue weighted by Crippen LogP contribution is -2.30. The highest BCUT2D eigenvalue weighted by atomic mass is 32.1. The first-order valence-electron chi connectivity index (χ1n) is 7.66. The molecule has 0 bridgehead atoms. The number of aryl methyl sites for hydroxylation is 1. The van der Waals surface area contributed by atoms with Crippen LogP contribution in [0.1, 0.15) is 43.2 Å². The number of fused-ring (bicyclic) bond motifs is 3. The van der Waals surface area contributed by atoms with Crippen molar-refractivity contribution < 1.29 is 9.53 Å². The largest absolute Gasteiger partial charge is 0.467 e. The summed E-state index contributed by atoms with van der Waals surface area (Å²) in [7, 11) is 1.34. The molecule has 118 valence electrons. The van der Waals surface area contributed by atoms with Gasteiger partial charge in [-0.25, -0.2) is 9.78 Å². The summed E-state index contributed by atoms with van der Waals surface area (Å²) in [5.41, 5.74) is 1.03. The summed E-state index contributed by atoms with van der Waals surface area (Å²) < 4.78 is 6.24. The standard InChI is InChI=1S/C16H20N2O3S/c1-4-11(16(20)21-3)18-8-17-14-13(15(18)19)10-6-5-9(2)7-12(10)22-14/h8-9,11H,4-7H2,1-3H3/t9-,11-/m1/s1. The van der Waals surface area contributed by atoms with Crippen molar-refractivity contribution >= 4 is 27.5 Å². The van der Waals surface area contributed by atoms with Crippen molar-refractivity contribution in [2.24, 2.45) is 5.92 Å². The minimum Gasteiger partial charge on any atom is -0.467 e. The number of methoxy groups -OCH3 is 1. The summed E-state index contributed by atoms with van der Waals surface area (Å²) in [4.78, 5) is 31.3. The normalized spacial score (nSPS) is 19.0. The van der Waals surface area contributed by atoms with Crippen molar-refractivity contribution in [3.63, 3.8) is 0 Å². The van der Waals surface area contributed by atoms with Gasteiger partial charge >= 0.3 is 5.97 Å². The van der Waals surface area contributed by atoms with E-state index in [0.717, 1.165) is 29.7 Å². The highest BCUT2D eigenvalue weighted by Gasteiger charge is 2.26. The fourth-order valence-electron chi connectivity index (χ4n) is 3.18. The van der Waals surface area contributed by atoms with E-state index in [2.05, 4.69) is 11.9 Å². The molecule has 0 unspecified atom stereocenters. The molecule has 0 fully saturated rings. The second-order valence-electron chi connectivity index (χ2n) is 5.94. The van der Waals surface area contributed by atoms with Gasteiger partial charge in [0, 0.05) is 4.88 Å². The number of rotatable bonds is 3. The summed E-state index contributed by atoms with van der Waals surface area (Å²) in [5, 5.41) is 0.705. The minimum atomic E-state index is -0.604. The molecule has 2 aromatic heterocycles. The summed E-state index contributed by atoms with van der Waals surface area (Å²) in [6, 6.07) is -0.604. The molecular formula is C16H20N2O3S. The summed E-state index contributed by atoms with van der Waals surface area (Å²) in [5.74, 6) is 0.254. The van der Waals surface area contributed by atoms with Gasteiger partial charge in [0.1, 0.15) is 10.9 Å². The van der Waals surface area contributed by atoms with Gasteiger partial charge in [-0.05, 0) is 37.2 Å². The van der Waals surface area contributed by atoms with E-state index in [4.69, 9.17) is 4.74 Å². The molecule has 0 N–H and O–H groups in total. The average molecular weight is 320 g/mol. The number of hydrogen-bond donors (Lipinski definition) is 0. The SMILES string of the molecule is CC[C@H](C(=O)OC)n1cnc2sc3c(c2c1=O)CC[C@@H](C)C3. The Morgan fingerprint density at radius 3 is 3.05 bits per heavy atom. The van der Waals surface area contributed by atoms with Crippen LogP contribution in [0.15, 0.2) is 11.1 Å². The molecule has 0 saturated heterocycles. The van der Waals surface area contributed by atoms with Crippen LogP contribution in [-0.4, -0.2) is 22.6 Å². The Morgan fingerprint density at radius 1 is 1.59 bits per heavy atom. The van der Waals surface area contributed by atoms with E-state index in [9.17, 15) is 9.59 Å². The van der Waals surface area contributed by atoms with Gasteiger partial charge in [-0.1, -0.05) is 13.8 Å². The predicted molar refractivity (Wildman–Crippen MR) is 86.4 cm³/mol. The fourth-order valence-corrected chi connectivity index (χ4v) is 4.52. The molecule has 0 aliphatic heterocycles. The highest BCUT2D eigenvalue weighted by Crippen LogP contribution is 2.35. The Hall–Kier alpha value is -1.69. The minimum absolute atomic E-state index is 0.116. The number of ether oxygens (including phenoxy) is 1. The second kappa shape index (κ2) is 5.83. The molecular weight excluding hydrogens is 300 g/mol. The average Bonchev–Trinajstić information content (AvgIpc) is 2.87. The van der Waals surface area contributed by atoms with Gasteiger partial charge in [-0.2, -0.15) is 0 Å². The number of carbonyl (C=O) groups excluding carboxylic acids is 1. The Labute approximate surface area is 132 Å². The monoisotopic (exact) mass is 320 g/mol. The quantitative estimate of drug-likeness (QED) is 0.816.